The molecule has 1 aliphatic rings. The molecule has 2 unspecified atom stereocenters. The number of benzene rings is 2. The van der Waals surface area contributed by atoms with Crippen LogP contribution >= 0.6 is 0 Å². The Kier molecular flexibility index (Phi) is 3.97. The van der Waals surface area contributed by atoms with Crippen molar-refractivity contribution in [2.45, 2.75) is 22.6 Å². The fraction of sp³-hybridized carbons (Fsp3) is 0.375. The van der Waals surface area contributed by atoms with E-state index in [2.05, 4.69) is 5.32 Å². The van der Waals surface area contributed by atoms with Gasteiger partial charge in [-0.3, -0.25) is 0 Å². The third-order valence-corrected chi connectivity index (χ3v) is 6.30. The molecule has 0 amide bonds. The van der Waals surface area contributed by atoms with Crippen molar-refractivity contribution in [3.8, 4) is 0 Å². The zero-order valence-electron chi connectivity index (χ0n) is 12.0. The number of rotatable bonds is 3. The van der Waals surface area contributed by atoms with Gasteiger partial charge in [-0.1, -0.05) is 30.3 Å². The lowest BCUT2D eigenvalue weighted by Crippen LogP contribution is -2.49. The van der Waals surface area contributed by atoms with E-state index in [0.717, 1.165) is 10.8 Å². The van der Waals surface area contributed by atoms with Crippen LogP contribution < -0.4 is 5.32 Å². The lowest BCUT2D eigenvalue weighted by Gasteiger charge is -2.30. The zero-order valence-corrected chi connectivity index (χ0v) is 12.8. The number of fused-ring (bicyclic) bond motifs is 1. The highest BCUT2D eigenvalue weighted by Crippen LogP contribution is 2.26. The second-order valence-electron chi connectivity index (χ2n) is 5.35. The summed E-state index contributed by atoms with van der Waals surface area (Å²) in [4.78, 5) is 0.372. The van der Waals surface area contributed by atoms with Gasteiger partial charge >= 0.3 is 0 Å². The second kappa shape index (κ2) is 5.75. The third kappa shape index (κ3) is 2.69. The molecule has 1 heterocycles. The van der Waals surface area contributed by atoms with Crippen LogP contribution in [-0.4, -0.2) is 40.0 Å². The van der Waals surface area contributed by atoms with Gasteiger partial charge in [-0.2, -0.15) is 0 Å². The number of nitrogens with one attached hydrogen (secondary N) is 1. The first-order valence-electron chi connectivity index (χ1n) is 7.10. The standard InChI is InChI=1S/C16H19NO3S/c1-17-15-8-9-20-11-16(15)21(18,19)14-7-6-12-4-2-3-5-13(12)10-14/h2-7,10,15-17H,8-9,11H2,1H3. The van der Waals surface area contributed by atoms with E-state index in [1.807, 2.05) is 30.3 Å². The molecule has 0 radical (unpaired) electrons. The summed E-state index contributed by atoms with van der Waals surface area (Å²) in [6, 6.07) is 13.0. The van der Waals surface area contributed by atoms with Crippen molar-refractivity contribution in [3.05, 3.63) is 42.5 Å². The minimum absolute atomic E-state index is 0.0600. The first-order valence-corrected chi connectivity index (χ1v) is 8.65. The summed E-state index contributed by atoms with van der Waals surface area (Å²) < 4.78 is 31.2. The molecule has 1 N–H and O–H groups in total. The maximum Gasteiger partial charge on any atom is 0.185 e. The van der Waals surface area contributed by atoms with Crippen LogP contribution in [0.3, 0.4) is 0 Å². The summed E-state index contributed by atoms with van der Waals surface area (Å²) in [5, 5.41) is 4.56. The highest BCUT2D eigenvalue weighted by Gasteiger charge is 2.36. The highest BCUT2D eigenvalue weighted by atomic mass is 32.2. The van der Waals surface area contributed by atoms with Crippen molar-refractivity contribution in [1.82, 2.24) is 5.32 Å². The molecule has 0 spiro atoms. The summed E-state index contributed by atoms with van der Waals surface area (Å²) >= 11 is 0. The Morgan fingerprint density at radius 1 is 1.14 bits per heavy atom. The fourth-order valence-electron chi connectivity index (χ4n) is 2.87. The summed E-state index contributed by atoms with van der Waals surface area (Å²) in [6.07, 6.45) is 0.716. The molecule has 0 saturated carbocycles. The first-order chi connectivity index (χ1) is 10.1. The maximum absolute atomic E-state index is 12.9. The Balaban J connectivity index is 2.02. The average molecular weight is 305 g/mol. The Morgan fingerprint density at radius 3 is 2.67 bits per heavy atom. The van der Waals surface area contributed by atoms with Gasteiger partial charge in [-0.05, 0) is 36.4 Å². The van der Waals surface area contributed by atoms with E-state index in [1.54, 1.807) is 19.2 Å². The molecule has 1 saturated heterocycles. The van der Waals surface area contributed by atoms with E-state index >= 15 is 0 Å². The van der Waals surface area contributed by atoms with Crippen LogP contribution in [0, 0.1) is 0 Å². The average Bonchev–Trinajstić information content (AvgIpc) is 2.54. The van der Waals surface area contributed by atoms with Gasteiger partial charge in [0, 0.05) is 12.6 Å². The molecular weight excluding hydrogens is 286 g/mol. The van der Waals surface area contributed by atoms with Gasteiger partial charge in [-0.15, -0.1) is 0 Å². The monoisotopic (exact) mass is 305 g/mol. The smallest absolute Gasteiger partial charge is 0.185 e. The van der Waals surface area contributed by atoms with Crippen LogP contribution in [0.5, 0.6) is 0 Å². The van der Waals surface area contributed by atoms with E-state index in [1.165, 1.54) is 0 Å². The quantitative estimate of drug-likeness (QED) is 0.942. The van der Waals surface area contributed by atoms with Crippen LogP contribution in [0.25, 0.3) is 10.8 Å². The van der Waals surface area contributed by atoms with Crippen LogP contribution in [0.2, 0.25) is 0 Å². The topological polar surface area (TPSA) is 55.4 Å². The maximum atomic E-state index is 12.9. The van der Waals surface area contributed by atoms with Gasteiger partial charge in [0.15, 0.2) is 9.84 Å². The van der Waals surface area contributed by atoms with Gasteiger partial charge in [0.2, 0.25) is 0 Å². The molecule has 2 atom stereocenters. The zero-order chi connectivity index (χ0) is 14.9. The van der Waals surface area contributed by atoms with Gasteiger partial charge in [0.1, 0.15) is 5.25 Å². The van der Waals surface area contributed by atoms with Crippen molar-refractivity contribution in [2.24, 2.45) is 0 Å². The Labute approximate surface area is 125 Å². The molecule has 2 aromatic carbocycles. The van der Waals surface area contributed by atoms with Crippen molar-refractivity contribution < 1.29 is 13.2 Å². The normalized spacial score (nSPS) is 23.3. The molecular formula is C16H19NO3S. The second-order valence-corrected chi connectivity index (χ2v) is 7.52. The van der Waals surface area contributed by atoms with Gasteiger partial charge in [0.25, 0.3) is 0 Å². The molecule has 4 nitrogen and oxygen atoms in total. The van der Waals surface area contributed by atoms with E-state index in [0.29, 0.717) is 17.9 Å². The van der Waals surface area contributed by atoms with Crippen molar-refractivity contribution in [3.63, 3.8) is 0 Å². The molecule has 0 bridgehead atoms. The first kappa shape index (κ1) is 14.5. The summed E-state index contributed by atoms with van der Waals surface area (Å²) in [5.74, 6) is 0. The predicted octanol–water partition coefficient (Wildman–Crippen LogP) is 1.99. The summed E-state index contributed by atoms with van der Waals surface area (Å²) in [5.41, 5.74) is 0. The van der Waals surface area contributed by atoms with Crippen LogP contribution in [0.4, 0.5) is 0 Å². The molecule has 112 valence electrons. The number of hydrogen-bond donors (Lipinski definition) is 1. The predicted molar refractivity (Wildman–Crippen MR) is 83.2 cm³/mol. The number of ether oxygens (including phenoxy) is 1. The van der Waals surface area contributed by atoms with E-state index in [4.69, 9.17) is 4.74 Å². The van der Waals surface area contributed by atoms with Gasteiger partial charge < -0.3 is 10.1 Å². The number of sulfone groups is 1. The third-order valence-electron chi connectivity index (χ3n) is 4.12. The summed E-state index contributed by atoms with van der Waals surface area (Å²) in [7, 11) is -1.60. The SMILES string of the molecule is CNC1CCOCC1S(=O)(=O)c1ccc2ccccc2c1. The highest BCUT2D eigenvalue weighted by molar-refractivity contribution is 7.92. The molecule has 1 fully saturated rings. The molecule has 0 aliphatic carbocycles. The molecule has 5 heteroatoms. The minimum atomic E-state index is -3.40. The molecule has 21 heavy (non-hydrogen) atoms. The van der Waals surface area contributed by atoms with E-state index in [9.17, 15) is 8.42 Å². The molecule has 2 aromatic rings. The van der Waals surface area contributed by atoms with Gasteiger partial charge in [-0.25, -0.2) is 8.42 Å². The van der Waals surface area contributed by atoms with Crippen LogP contribution in [0.1, 0.15) is 6.42 Å². The number of hydrogen-bond acceptors (Lipinski definition) is 4. The van der Waals surface area contributed by atoms with Crippen LogP contribution in [-0.2, 0) is 14.6 Å². The molecule has 0 aromatic heterocycles. The summed E-state index contributed by atoms with van der Waals surface area (Å²) in [6.45, 7) is 0.857. The Hall–Kier alpha value is -1.43. The fourth-order valence-corrected chi connectivity index (χ4v) is 4.75. The van der Waals surface area contributed by atoms with Crippen molar-refractivity contribution >= 4 is 20.6 Å². The van der Waals surface area contributed by atoms with Crippen LogP contribution in [0.15, 0.2) is 47.4 Å². The van der Waals surface area contributed by atoms with Gasteiger partial charge in [0.05, 0.1) is 11.5 Å². The van der Waals surface area contributed by atoms with Crippen molar-refractivity contribution in [2.75, 3.05) is 20.3 Å². The van der Waals surface area contributed by atoms with E-state index in [-0.39, 0.29) is 12.6 Å². The minimum Gasteiger partial charge on any atom is -0.380 e. The molecule has 1 aliphatic heterocycles. The van der Waals surface area contributed by atoms with E-state index < -0.39 is 15.1 Å². The largest absolute Gasteiger partial charge is 0.380 e. The molecule has 3 rings (SSSR count). The Morgan fingerprint density at radius 2 is 1.90 bits per heavy atom. The van der Waals surface area contributed by atoms with Crippen molar-refractivity contribution in [1.29, 1.82) is 0 Å². The lowest BCUT2D eigenvalue weighted by atomic mass is 10.1. The lowest BCUT2D eigenvalue weighted by molar-refractivity contribution is 0.0825. The Bertz CT molecular complexity index is 742.